The zero-order chi connectivity index (χ0) is 23.9. The number of benzene rings is 1. The van der Waals surface area contributed by atoms with Crippen LogP contribution < -0.4 is 21.3 Å². The largest absolute Gasteiger partial charge is 0.395 e. The number of aryl methyl sites for hydroxylation is 1. The summed E-state index contributed by atoms with van der Waals surface area (Å²) >= 11 is 0. The molecule has 0 bridgehead atoms. The van der Waals surface area contributed by atoms with Crippen LogP contribution in [0.1, 0.15) is 47.2 Å². The number of aliphatic imine (C=N–C) groups is 1. The number of rotatable bonds is 9. The molecule has 0 spiro atoms. The average molecular weight is 467 g/mol. The predicted molar refractivity (Wildman–Crippen MR) is 133 cm³/mol. The Kier molecular flexibility index (Phi) is 7.97. The maximum Gasteiger partial charge on any atom is 0.251 e. The minimum absolute atomic E-state index is 0.00875. The van der Waals surface area contributed by atoms with Crippen LogP contribution in [0.5, 0.6) is 0 Å². The van der Waals surface area contributed by atoms with E-state index in [1.165, 1.54) is 6.21 Å². The highest BCUT2D eigenvalue weighted by Gasteiger charge is 2.25. The minimum atomic E-state index is -0.0533. The van der Waals surface area contributed by atoms with Crippen molar-refractivity contribution in [2.45, 2.75) is 38.6 Å². The van der Waals surface area contributed by atoms with Crippen LogP contribution in [0.2, 0.25) is 0 Å². The zero-order valence-corrected chi connectivity index (χ0v) is 19.6. The summed E-state index contributed by atoms with van der Waals surface area (Å²) in [7, 11) is 0. The first-order valence-corrected chi connectivity index (χ1v) is 12.0. The lowest BCUT2D eigenvalue weighted by atomic mass is 9.99. The van der Waals surface area contributed by atoms with Gasteiger partial charge in [-0.3, -0.25) is 4.79 Å². The van der Waals surface area contributed by atoms with Gasteiger partial charge in [-0.1, -0.05) is 12.1 Å². The van der Waals surface area contributed by atoms with Gasteiger partial charge in [-0.25, -0.2) is 4.99 Å². The van der Waals surface area contributed by atoms with E-state index in [-0.39, 0.29) is 12.5 Å². The van der Waals surface area contributed by atoms with E-state index in [9.17, 15) is 9.90 Å². The maximum absolute atomic E-state index is 12.5. The number of carbonyl (C=O) groups excluding carboxylic acids is 1. The summed E-state index contributed by atoms with van der Waals surface area (Å²) in [6, 6.07) is 5.88. The molecular weight excluding hydrogens is 432 g/mol. The summed E-state index contributed by atoms with van der Waals surface area (Å²) in [6.07, 6.45) is 7.28. The molecule has 1 aromatic carbocycles. The van der Waals surface area contributed by atoms with Crippen molar-refractivity contribution in [2.24, 2.45) is 10.9 Å². The Morgan fingerprint density at radius 2 is 2.06 bits per heavy atom. The molecule has 3 aliphatic rings. The molecule has 0 radical (unpaired) electrons. The molecule has 2 heterocycles. The number of aliphatic hydroxyl groups excluding tert-OH is 1. The summed E-state index contributed by atoms with van der Waals surface area (Å²) < 4.78 is 5.45. The first-order valence-electron chi connectivity index (χ1n) is 12.0. The van der Waals surface area contributed by atoms with E-state index in [2.05, 4.69) is 26.3 Å². The van der Waals surface area contributed by atoms with E-state index < -0.39 is 0 Å². The standard InChI is InChI=1S/C25H34N6O3/c1-16-12-18(2-5-20(16)25(33)29-19-3-4-19)21(14-26)24-30-22(27-8-9-32)13-23(31-24)28-15-17-6-10-34-11-7-17/h2,5,12-14,17,19,26,28,31-32H,3-4,6-11,15H2,1H3,(H,27,30)(H,29,33)/b24-21+,26-14?. The molecule has 1 saturated heterocycles. The van der Waals surface area contributed by atoms with Gasteiger partial charge in [0.25, 0.3) is 5.91 Å². The maximum atomic E-state index is 12.5. The molecule has 1 aliphatic carbocycles. The van der Waals surface area contributed by atoms with Crippen LogP contribution in [0.15, 0.2) is 40.9 Å². The summed E-state index contributed by atoms with van der Waals surface area (Å²) in [6.45, 7) is 4.67. The Morgan fingerprint density at radius 1 is 1.26 bits per heavy atom. The van der Waals surface area contributed by atoms with Crippen molar-refractivity contribution in [3.05, 3.63) is 52.6 Å². The van der Waals surface area contributed by atoms with Crippen molar-refractivity contribution in [3.63, 3.8) is 0 Å². The summed E-state index contributed by atoms with van der Waals surface area (Å²) in [5.41, 5.74) is 2.91. The summed E-state index contributed by atoms with van der Waals surface area (Å²) in [4.78, 5) is 17.1. The molecule has 0 atom stereocenters. The molecule has 1 aromatic rings. The number of amides is 1. The number of carbonyl (C=O) groups is 1. The first-order chi connectivity index (χ1) is 16.6. The van der Waals surface area contributed by atoms with Crippen LogP contribution in [-0.4, -0.2) is 62.0 Å². The highest BCUT2D eigenvalue weighted by molar-refractivity contribution is 6.11. The van der Waals surface area contributed by atoms with Crippen molar-refractivity contribution >= 4 is 23.5 Å². The van der Waals surface area contributed by atoms with Gasteiger partial charge < -0.3 is 36.5 Å². The number of nitrogens with zero attached hydrogens (tertiary/aromatic N) is 1. The van der Waals surface area contributed by atoms with E-state index in [4.69, 9.17) is 10.1 Å². The van der Waals surface area contributed by atoms with Gasteiger partial charge in [0.2, 0.25) is 0 Å². The van der Waals surface area contributed by atoms with Gasteiger partial charge in [0, 0.05) is 55.8 Å². The van der Waals surface area contributed by atoms with Crippen molar-refractivity contribution in [1.29, 1.82) is 5.41 Å². The van der Waals surface area contributed by atoms with Crippen LogP contribution in [0.25, 0.3) is 5.57 Å². The van der Waals surface area contributed by atoms with Crippen molar-refractivity contribution in [3.8, 4) is 0 Å². The number of allylic oxidation sites excluding steroid dienone is 1. The van der Waals surface area contributed by atoms with Crippen molar-refractivity contribution < 1.29 is 14.6 Å². The molecule has 4 rings (SSSR count). The Balaban J connectivity index is 1.55. The molecule has 6 N–H and O–H groups in total. The van der Waals surface area contributed by atoms with E-state index in [0.717, 1.165) is 62.4 Å². The van der Waals surface area contributed by atoms with Gasteiger partial charge in [-0.05, 0) is 55.7 Å². The molecule has 9 heteroatoms. The number of ether oxygens (including phenoxy) is 1. The third-order valence-corrected chi connectivity index (χ3v) is 6.20. The highest BCUT2D eigenvalue weighted by atomic mass is 16.5. The third kappa shape index (κ3) is 6.24. The van der Waals surface area contributed by atoms with Crippen LogP contribution in [0, 0.1) is 18.3 Å². The number of amidine groups is 1. The molecule has 1 saturated carbocycles. The second-order valence-electron chi connectivity index (χ2n) is 8.95. The Morgan fingerprint density at radius 3 is 2.74 bits per heavy atom. The zero-order valence-electron chi connectivity index (χ0n) is 19.6. The molecule has 0 unspecified atom stereocenters. The van der Waals surface area contributed by atoms with Gasteiger partial charge in [-0.15, -0.1) is 0 Å². The SMILES string of the molecule is Cc1cc(/C(C=N)=C2\N=C(NCCO)C=C(NCC3CCOCC3)N2)ccc1C(=O)NC1CC1. The lowest BCUT2D eigenvalue weighted by molar-refractivity contribution is 0.0669. The van der Waals surface area contributed by atoms with Gasteiger partial charge in [0.1, 0.15) is 17.5 Å². The molecular formula is C25H34N6O3. The van der Waals surface area contributed by atoms with Crippen LogP contribution >= 0.6 is 0 Å². The Labute approximate surface area is 200 Å². The van der Waals surface area contributed by atoms with Gasteiger partial charge >= 0.3 is 0 Å². The quantitative estimate of drug-likeness (QED) is 0.307. The smallest absolute Gasteiger partial charge is 0.251 e. The molecule has 2 fully saturated rings. The van der Waals surface area contributed by atoms with Gasteiger partial charge in [-0.2, -0.15) is 0 Å². The van der Waals surface area contributed by atoms with Crippen molar-refractivity contribution in [2.75, 3.05) is 32.9 Å². The van der Waals surface area contributed by atoms with E-state index in [0.29, 0.717) is 41.3 Å². The van der Waals surface area contributed by atoms with Crippen molar-refractivity contribution in [1.82, 2.24) is 21.3 Å². The Bertz CT molecular complexity index is 1010. The number of nitrogens with one attached hydrogen (secondary N) is 5. The van der Waals surface area contributed by atoms with Gasteiger partial charge in [0.05, 0.1) is 6.61 Å². The number of aliphatic hydroxyl groups is 1. The number of hydrogen-bond acceptors (Lipinski definition) is 8. The number of hydrogen-bond donors (Lipinski definition) is 6. The topological polar surface area (TPSA) is 131 Å². The van der Waals surface area contributed by atoms with Crippen LogP contribution in [0.3, 0.4) is 0 Å². The molecule has 34 heavy (non-hydrogen) atoms. The predicted octanol–water partition coefficient (Wildman–Crippen LogP) is 1.65. The fourth-order valence-corrected chi connectivity index (χ4v) is 4.05. The second kappa shape index (κ2) is 11.3. The minimum Gasteiger partial charge on any atom is -0.395 e. The molecule has 0 aromatic heterocycles. The van der Waals surface area contributed by atoms with E-state index >= 15 is 0 Å². The van der Waals surface area contributed by atoms with Crippen LogP contribution in [0.4, 0.5) is 0 Å². The second-order valence-corrected chi connectivity index (χ2v) is 8.95. The summed E-state index contributed by atoms with van der Waals surface area (Å²) in [5, 5.41) is 30.3. The molecule has 182 valence electrons. The van der Waals surface area contributed by atoms with Crippen LogP contribution in [-0.2, 0) is 4.74 Å². The van der Waals surface area contributed by atoms with E-state index in [1.54, 1.807) is 0 Å². The molecule has 1 amide bonds. The van der Waals surface area contributed by atoms with Gasteiger partial charge in [0.15, 0.2) is 0 Å². The third-order valence-electron chi connectivity index (χ3n) is 6.20. The monoisotopic (exact) mass is 466 g/mol. The molecule has 2 aliphatic heterocycles. The lowest BCUT2D eigenvalue weighted by Crippen LogP contribution is -2.37. The highest BCUT2D eigenvalue weighted by Crippen LogP contribution is 2.24. The Hall–Kier alpha value is -3.17. The summed E-state index contributed by atoms with van der Waals surface area (Å²) in [5.74, 6) is 2.41. The fraction of sp³-hybridized carbons (Fsp3) is 0.480. The average Bonchev–Trinajstić information content (AvgIpc) is 3.66. The lowest BCUT2D eigenvalue weighted by Gasteiger charge is -2.26. The van der Waals surface area contributed by atoms with E-state index in [1.807, 2.05) is 31.2 Å². The normalized spacial score (nSPS) is 19.9. The first kappa shape index (κ1) is 24.0. The fourth-order valence-electron chi connectivity index (χ4n) is 4.05. The molecule has 9 nitrogen and oxygen atoms in total.